The molecule has 0 radical (unpaired) electrons. The monoisotopic (exact) mass is 418 g/mol. The van der Waals surface area contributed by atoms with E-state index in [9.17, 15) is 5.11 Å². The van der Waals surface area contributed by atoms with Gasteiger partial charge in [0, 0.05) is 57.1 Å². The summed E-state index contributed by atoms with van der Waals surface area (Å²) in [4.78, 5) is 4.52. The van der Waals surface area contributed by atoms with Gasteiger partial charge in [0.25, 0.3) is 0 Å². The molecule has 1 saturated heterocycles. The van der Waals surface area contributed by atoms with E-state index in [1.807, 2.05) is 36.3 Å². The van der Waals surface area contributed by atoms with Crippen LogP contribution in [0.5, 0.6) is 11.5 Å². The summed E-state index contributed by atoms with van der Waals surface area (Å²) >= 11 is 0. The number of aromatic nitrogens is 2. The lowest BCUT2D eigenvalue weighted by atomic mass is 10.1. The highest BCUT2D eigenvalue weighted by Gasteiger charge is 2.18. The van der Waals surface area contributed by atoms with Crippen molar-refractivity contribution in [2.75, 3.05) is 53.1 Å². The Morgan fingerprint density at radius 2 is 2.07 bits per heavy atom. The van der Waals surface area contributed by atoms with Crippen molar-refractivity contribution in [2.24, 2.45) is 7.05 Å². The number of hydrogen-bond donors (Lipinski definition) is 1. The molecule has 1 atom stereocenters. The van der Waals surface area contributed by atoms with Gasteiger partial charge in [0.05, 0.1) is 26.5 Å². The maximum Gasteiger partial charge on any atom is 0.165 e. The molecule has 3 rings (SSSR count). The second kappa shape index (κ2) is 11.3. The SMILES string of the molecule is CCN(Cc1cnn(C)c1)Cc1cccc(OC)c1OC[C@@H](O)CN1CCOCC1. The molecule has 0 saturated carbocycles. The van der Waals surface area contributed by atoms with E-state index in [4.69, 9.17) is 14.2 Å². The summed E-state index contributed by atoms with van der Waals surface area (Å²) in [6.07, 6.45) is 3.36. The van der Waals surface area contributed by atoms with Crippen molar-refractivity contribution in [3.8, 4) is 11.5 Å². The van der Waals surface area contributed by atoms with Crippen LogP contribution in [0.25, 0.3) is 0 Å². The van der Waals surface area contributed by atoms with Gasteiger partial charge in [-0.15, -0.1) is 0 Å². The van der Waals surface area contributed by atoms with Crippen LogP contribution in [0.1, 0.15) is 18.1 Å². The van der Waals surface area contributed by atoms with Crippen molar-refractivity contribution < 1.29 is 19.3 Å². The average molecular weight is 419 g/mol. The summed E-state index contributed by atoms with van der Waals surface area (Å²) in [5, 5.41) is 14.7. The Labute approximate surface area is 178 Å². The molecule has 0 bridgehead atoms. The minimum atomic E-state index is -0.571. The molecule has 1 aromatic carbocycles. The average Bonchev–Trinajstić information content (AvgIpc) is 3.17. The molecule has 0 unspecified atom stereocenters. The van der Waals surface area contributed by atoms with Gasteiger partial charge in [-0.05, 0) is 12.6 Å². The van der Waals surface area contributed by atoms with Gasteiger partial charge in [0.1, 0.15) is 12.7 Å². The smallest absolute Gasteiger partial charge is 0.165 e. The van der Waals surface area contributed by atoms with Crippen LogP contribution >= 0.6 is 0 Å². The van der Waals surface area contributed by atoms with Crippen molar-refractivity contribution in [2.45, 2.75) is 26.1 Å². The molecular weight excluding hydrogens is 384 g/mol. The van der Waals surface area contributed by atoms with Gasteiger partial charge in [-0.25, -0.2) is 0 Å². The third-order valence-corrected chi connectivity index (χ3v) is 5.28. The number of β-amino-alcohol motifs (C(OH)–C–C–N with tert-alkyl or cyclic N) is 1. The first-order valence-electron chi connectivity index (χ1n) is 10.6. The lowest BCUT2D eigenvalue weighted by Gasteiger charge is -2.28. The normalized spacial score (nSPS) is 16.0. The van der Waals surface area contributed by atoms with Crippen LogP contribution in [0, 0.1) is 0 Å². The molecule has 1 N–H and O–H groups in total. The first kappa shape index (κ1) is 22.6. The van der Waals surface area contributed by atoms with Crippen LogP contribution in [-0.2, 0) is 24.9 Å². The summed E-state index contributed by atoms with van der Waals surface area (Å²) < 4.78 is 18.8. The fourth-order valence-corrected chi connectivity index (χ4v) is 3.66. The first-order chi connectivity index (χ1) is 14.6. The van der Waals surface area contributed by atoms with E-state index < -0.39 is 6.10 Å². The molecule has 0 amide bonds. The quantitative estimate of drug-likeness (QED) is 0.593. The molecule has 30 heavy (non-hydrogen) atoms. The number of morpholine rings is 1. The van der Waals surface area contributed by atoms with E-state index in [-0.39, 0.29) is 6.61 Å². The number of ether oxygens (including phenoxy) is 3. The summed E-state index contributed by atoms with van der Waals surface area (Å²) in [6.45, 7) is 8.48. The Balaban J connectivity index is 1.64. The van der Waals surface area contributed by atoms with Gasteiger partial charge < -0.3 is 19.3 Å². The molecule has 1 aliphatic rings. The first-order valence-corrected chi connectivity index (χ1v) is 10.6. The lowest BCUT2D eigenvalue weighted by Crippen LogP contribution is -2.42. The standard InChI is InChI=1S/C22H34N4O4/c1-4-25(14-18-12-23-24(2)13-18)15-19-6-5-7-21(28-3)22(19)30-17-20(27)16-26-8-10-29-11-9-26/h5-7,12-13,20,27H,4,8-11,14-17H2,1-3H3/t20-/m0/s1. The van der Waals surface area contributed by atoms with Crippen LogP contribution < -0.4 is 9.47 Å². The predicted molar refractivity (Wildman–Crippen MR) is 115 cm³/mol. The second-order valence-electron chi connectivity index (χ2n) is 7.65. The van der Waals surface area contributed by atoms with Gasteiger partial charge in [-0.2, -0.15) is 5.10 Å². The third kappa shape index (κ3) is 6.43. The van der Waals surface area contributed by atoms with Crippen LogP contribution in [0.2, 0.25) is 0 Å². The zero-order valence-corrected chi connectivity index (χ0v) is 18.3. The highest BCUT2D eigenvalue weighted by molar-refractivity contribution is 5.46. The summed E-state index contributed by atoms with van der Waals surface area (Å²) in [5.41, 5.74) is 2.21. The van der Waals surface area contributed by atoms with Crippen LogP contribution in [0.4, 0.5) is 0 Å². The fraction of sp³-hybridized carbons (Fsp3) is 0.591. The van der Waals surface area contributed by atoms with Crippen molar-refractivity contribution in [1.82, 2.24) is 19.6 Å². The van der Waals surface area contributed by atoms with E-state index in [0.717, 1.165) is 38.3 Å². The van der Waals surface area contributed by atoms with Gasteiger partial charge in [-0.1, -0.05) is 19.1 Å². The molecule has 2 heterocycles. The Kier molecular flexibility index (Phi) is 8.50. The number of aliphatic hydroxyl groups excluding tert-OH is 1. The molecule has 1 aromatic heterocycles. The highest BCUT2D eigenvalue weighted by atomic mass is 16.5. The van der Waals surface area contributed by atoms with E-state index in [0.29, 0.717) is 31.3 Å². The number of benzene rings is 1. The van der Waals surface area contributed by atoms with Crippen LogP contribution in [-0.4, -0.2) is 83.9 Å². The maximum atomic E-state index is 10.5. The topological polar surface area (TPSA) is 72.2 Å². The van der Waals surface area contributed by atoms with Gasteiger partial charge in [0.15, 0.2) is 11.5 Å². The van der Waals surface area contributed by atoms with E-state index in [1.54, 1.807) is 7.11 Å². The summed E-state index contributed by atoms with van der Waals surface area (Å²) in [7, 11) is 3.57. The summed E-state index contributed by atoms with van der Waals surface area (Å²) in [5.74, 6) is 1.38. The molecule has 166 valence electrons. The molecule has 1 aliphatic heterocycles. The number of aryl methyl sites for hydroxylation is 1. The number of methoxy groups -OCH3 is 1. The van der Waals surface area contributed by atoms with Crippen molar-refractivity contribution in [3.05, 3.63) is 41.7 Å². The van der Waals surface area contributed by atoms with E-state index in [2.05, 4.69) is 27.9 Å². The maximum absolute atomic E-state index is 10.5. The molecule has 2 aromatic rings. The van der Waals surface area contributed by atoms with Gasteiger partial charge in [0.2, 0.25) is 0 Å². The Bertz CT molecular complexity index is 776. The number of hydrogen-bond acceptors (Lipinski definition) is 7. The molecule has 0 aliphatic carbocycles. The Morgan fingerprint density at radius 1 is 1.27 bits per heavy atom. The largest absolute Gasteiger partial charge is 0.493 e. The molecule has 8 heteroatoms. The van der Waals surface area contributed by atoms with Crippen molar-refractivity contribution in [3.63, 3.8) is 0 Å². The van der Waals surface area contributed by atoms with Crippen LogP contribution in [0.15, 0.2) is 30.6 Å². The Hall–Kier alpha value is -2.13. The van der Waals surface area contributed by atoms with Crippen LogP contribution in [0.3, 0.4) is 0 Å². The third-order valence-electron chi connectivity index (χ3n) is 5.28. The second-order valence-corrected chi connectivity index (χ2v) is 7.65. The van der Waals surface area contributed by atoms with Crippen molar-refractivity contribution in [1.29, 1.82) is 0 Å². The Morgan fingerprint density at radius 3 is 2.73 bits per heavy atom. The lowest BCUT2D eigenvalue weighted by molar-refractivity contribution is 0.00430. The van der Waals surface area contributed by atoms with E-state index in [1.165, 1.54) is 5.56 Å². The number of nitrogens with zero attached hydrogens (tertiary/aromatic N) is 4. The minimum Gasteiger partial charge on any atom is -0.493 e. The number of aliphatic hydroxyl groups is 1. The molecular formula is C22H34N4O4. The minimum absolute atomic E-state index is 0.222. The van der Waals surface area contributed by atoms with Gasteiger partial charge in [-0.3, -0.25) is 14.5 Å². The highest BCUT2D eigenvalue weighted by Crippen LogP contribution is 2.32. The molecule has 0 spiro atoms. The van der Waals surface area contributed by atoms with Crippen molar-refractivity contribution >= 4 is 0 Å². The number of para-hydroxylation sites is 1. The molecule has 1 fully saturated rings. The van der Waals surface area contributed by atoms with Gasteiger partial charge >= 0.3 is 0 Å². The summed E-state index contributed by atoms with van der Waals surface area (Å²) in [6, 6.07) is 5.92. The van der Waals surface area contributed by atoms with E-state index >= 15 is 0 Å². The zero-order valence-electron chi connectivity index (χ0n) is 18.3. The fourth-order valence-electron chi connectivity index (χ4n) is 3.66. The molecule has 8 nitrogen and oxygen atoms in total. The predicted octanol–water partition coefficient (Wildman–Crippen LogP) is 1.52. The number of rotatable bonds is 11. The zero-order chi connectivity index (χ0) is 21.3.